The number of rotatable bonds is 2. The van der Waals surface area contributed by atoms with Gasteiger partial charge in [0.15, 0.2) is 8.07 Å². The molecule has 0 saturated heterocycles. The first kappa shape index (κ1) is 19.5. The van der Waals surface area contributed by atoms with E-state index in [9.17, 15) is 0 Å². The first-order valence-corrected chi connectivity index (χ1v) is 14.0. The monoisotopic (exact) mass is 448 g/mol. The molecule has 0 nitrogen and oxygen atoms in total. The van der Waals surface area contributed by atoms with Crippen LogP contribution in [0.25, 0.3) is 32.7 Å². The molecule has 1 aliphatic rings. The summed E-state index contributed by atoms with van der Waals surface area (Å²) in [6.07, 6.45) is 0. The highest BCUT2D eigenvalue weighted by Gasteiger charge is 2.48. The van der Waals surface area contributed by atoms with Crippen LogP contribution in [0.4, 0.5) is 0 Å². The largest absolute Gasteiger partial charge is 0.180 e. The van der Waals surface area contributed by atoms with Crippen molar-refractivity contribution in [1.82, 2.24) is 0 Å². The lowest BCUT2D eigenvalue weighted by Gasteiger charge is -2.31. The molecule has 0 fully saturated rings. The van der Waals surface area contributed by atoms with Gasteiger partial charge in [0.2, 0.25) is 0 Å². The maximum absolute atomic E-state index is 2.44. The molecule has 0 aromatic heterocycles. The summed E-state index contributed by atoms with van der Waals surface area (Å²) in [5, 5.41) is 11.2. The summed E-state index contributed by atoms with van der Waals surface area (Å²) in [5.41, 5.74) is 4.16. The van der Waals surface area contributed by atoms with Gasteiger partial charge in [-0.3, -0.25) is 0 Å². The minimum atomic E-state index is -2.42. The minimum Gasteiger partial charge on any atom is -0.0623 e. The van der Waals surface area contributed by atoms with Crippen molar-refractivity contribution in [3.63, 3.8) is 0 Å². The molecule has 34 heavy (non-hydrogen) atoms. The second-order valence-electron chi connectivity index (χ2n) is 9.39. The topological polar surface area (TPSA) is 0 Å². The predicted molar refractivity (Wildman–Crippen MR) is 149 cm³/mol. The van der Waals surface area contributed by atoms with Crippen molar-refractivity contribution in [3.8, 4) is 11.1 Å². The minimum absolute atomic E-state index is 1.31. The average molecular weight is 449 g/mol. The van der Waals surface area contributed by atoms with Gasteiger partial charge in [-0.1, -0.05) is 115 Å². The highest BCUT2D eigenvalue weighted by molar-refractivity contribution is 7.22. The first-order valence-electron chi connectivity index (χ1n) is 12.0. The van der Waals surface area contributed by atoms with E-state index >= 15 is 0 Å². The number of aryl methyl sites for hydroxylation is 1. The van der Waals surface area contributed by atoms with Crippen LogP contribution in [0.2, 0.25) is 0 Å². The Balaban J connectivity index is 1.69. The van der Waals surface area contributed by atoms with E-state index in [1.807, 2.05) is 0 Å². The zero-order valence-corrected chi connectivity index (χ0v) is 20.1. The van der Waals surface area contributed by atoms with Gasteiger partial charge in [-0.05, 0) is 78.0 Å². The van der Waals surface area contributed by atoms with E-state index < -0.39 is 8.07 Å². The first-order chi connectivity index (χ1) is 16.8. The van der Waals surface area contributed by atoms with Gasteiger partial charge in [-0.25, -0.2) is 0 Å². The van der Waals surface area contributed by atoms with Crippen LogP contribution in [-0.2, 0) is 0 Å². The summed E-state index contributed by atoms with van der Waals surface area (Å²) in [5.74, 6) is 0. The molecule has 1 aliphatic heterocycles. The van der Waals surface area contributed by atoms with Crippen molar-refractivity contribution in [1.29, 1.82) is 0 Å². The van der Waals surface area contributed by atoms with Crippen molar-refractivity contribution in [2.45, 2.75) is 6.92 Å². The summed E-state index contributed by atoms with van der Waals surface area (Å²) in [4.78, 5) is 0. The summed E-state index contributed by atoms with van der Waals surface area (Å²) in [7, 11) is -2.42. The van der Waals surface area contributed by atoms with Crippen molar-refractivity contribution in [3.05, 3.63) is 133 Å². The Morgan fingerprint density at radius 2 is 1.12 bits per heavy atom. The third kappa shape index (κ3) is 2.53. The fourth-order valence-electron chi connectivity index (χ4n) is 6.20. The van der Waals surface area contributed by atoms with Crippen LogP contribution in [0.3, 0.4) is 0 Å². The molecule has 7 rings (SSSR count). The van der Waals surface area contributed by atoms with E-state index in [1.165, 1.54) is 59.0 Å². The average Bonchev–Trinajstić information content (AvgIpc) is 3.21. The highest BCUT2D eigenvalue weighted by Crippen LogP contribution is 2.36. The van der Waals surface area contributed by atoms with Crippen LogP contribution in [0.1, 0.15) is 5.56 Å². The Morgan fingerprint density at radius 1 is 0.471 bits per heavy atom. The number of benzene rings is 6. The van der Waals surface area contributed by atoms with Crippen LogP contribution in [0.15, 0.2) is 127 Å². The van der Waals surface area contributed by atoms with Crippen molar-refractivity contribution in [2.24, 2.45) is 0 Å². The summed E-state index contributed by atoms with van der Waals surface area (Å²) < 4.78 is 0. The van der Waals surface area contributed by atoms with Gasteiger partial charge in [-0.2, -0.15) is 0 Å². The van der Waals surface area contributed by atoms with Crippen LogP contribution in [0.5, 0.6) is 0 Å². The molecular weight excluding hydrogens is 424 g/mol. The van der Waals surface area contributed by atoms with E-state index in [0.29, 0.717) is 0 Å². The van der Waals surface area contributed by atoms with Gasteiger partial charge in [-0.15, -0.1) is 0 Å². The summed E-state index contributed by atoms with van der Waals surface area (Å²) in [6, 6.07) is 47.8. The smallest absolute Gasteiger partial charge is 0.0623 e. The molecule has 0 aliphatic carbocycles. The summed E-state index contributed by atoms with van der Waals surface area (Å²) in [6.45, 7) is 2.22. The van der Waals surface area contributed by atoms with Crippen LogP contribution in [-0.4, -0.2) is 8.07 Å². The fraction of sp³-hybridized carbons (Fsp3) is 0.0303. The van der Waals surface area contributed by atoms with E-state index in [2.05, 4.69) is 134 Å². The van der Waals surface area contributed by atoms with E-state index in [0.717, 1.165) is 0 Å². The lowest BCUT2D eigenvalue weighted by molar-refractivity contribution is 1.54. The molecule has 6 aromatic carbocycles. The number of hydrogen-bond donors (Lipinski definition) is 0. The molecule has 0 radical (unpaired) electrons. The third-order valence-corrected chi connectivity index (χ3v) is 12.5. The van der Waals surface area contributed by atoms with Crippen LogP contribution >= 0.6 is 0 Å². The van der Waals surface area contributed by atoms with Crippen LogP contribution < -0.4 is 20.7 Å². The van der Waals surface area contributed by atoms with Gasteiger partial charge in [0.05, 0.1) is 0 Å². The van der Waals surface area contributed by atoms with Gasteiger partial charge in [0.1, 0.15) is 0 Å². The normalized spacial score (nSPS) is 13.7. The zero-order valence-electron chi connectivity index (χ0n) is 19.1. The Labute approximate surface area is 201 Å². The molecule has 0 unspecified atom stereocenters. The molecule has 0 spiro atoms. The van der Waals surface area contributed by atoms with Crippen molar-refractivity contribution >= 4 is 50.4 Å². The third-order valence-electron chi connectivity index (χ3n) is 7.65. The second-order valence-corrected chi connectivity index (χ2v) is 13.1. The number of hydrogen-bond acceptors (Lipinski definition) is 0. The Bertz CT molecular complexity index is 1660. The SMILES string of the molecule is Cc1cccc2cc3ccc4c(c3cc12)-c1ccccc1[Si]4(c1ccccc1)c1ccccc1. The van der Waals surface area contributed by atoms with E-state index in [1.54, 1.807) is 0 Å². The Morgan fingerprint density at radius 3 is 1.85 bits per heavy atom. The molecular formula is C33H24Si. The van der Waals surface area contributed by atoms with E-state index in [-0.39, 0.29) is 0 Å². The molecule has 0 atom stereocenters. The summed E-state index contributed by atoms with van der Waals surface area (Å²) >= 11 is 0. The molecule has 0 amide bonds. The Kier molecular flexibility index (Phi) is 4.18. The fourth-order valence-corrected chi connectivity index (χ4v) is 11.4. The van der Waals surface area contributed by atoms with Crippen molar-refractivity contribution in [2.75, 3.05) is 0 Å². The highest BCUT2D eigenvalue weighted by atomic mass is 28.3. The van der Waals surface area contributed by atoms with Gasteiger partial charge in [0.25, 0.3) is 0 Å². The van der Waals surface area contributed by atoms with Crippen molar-refractivity contribution < 1.29 is 0 Å². The molecule has 0 saturated carbocycles. The quantitative estimate of drug-likeness (QED) is 0.236. The predicted octanol–water partition coefficient (Wildman–Crippen LogP) is 5.66. The molecule has 0 N–H and O–H groups in total. The maximum Gasteiger partial charge on any atom is 0.180 e. The van der Waals surface area contributed by atoms with Gasteiger partial charge < -0.3 is 0 Å². The van der Waals surface area contributed by atoms with Gasteiger partial charge >= 0.3 is 0 Å². The van der Waals surface area contributed by atoms with Crippen LogP contribution in [0, 0.1) is 6.92 Å². The molecule has 1 heterocycles. The van der Waals surface area contributed by atoms with Gasteiger partial charge in [0, 0.05) is 0 Å². The van der Waals surface area contributed by atoms with E-state index in [4.69, 9.17) is 0 Å². The molecule has 160 valence electrons. The number of fused-ring (bicyclic) bond motifs is 6. The second kappa shape index (κ2) is 7.28. The standard InChI is InChI=1S/C33H24Si/c1-23-11-10-12-24-21-25-19-20-32-33(30(25)22-29(23)24)28-17-8-9-18-31(28)34(32,26-13-4-2-5-14-26)27-15-6-3-7-16-27/h2-22H,1H3. The lowest BCUT2D eigenvalue weighted by Crippen LogP contribution is -2.72. The Hall–Kier alpha value is -3.94. The maximum atomic E-state index is 2.44. The molecule has 0 bridgehead atoms. The lowest BCUT2D eigenvalue weighted by atomic mass is 9.94. The molecule has 1 heteroatoms. The molecule has 6 aromatic rings. The zero-order chi connectivity index (χ0) is 22.7.